The Morgan fingerprint density at radius 2 is 1.85 bits per heavy atom. The normalized spacial score (nSPS) is 12.9. The Balaban J connectivity index is 2.83. The smallest absolute Gasteiger partial charge is 0.314 e. The van der Waals surface area contributed by atoms with Crippen LogP contribution in [-0.2, 0) is 19.4 Å². The molecular weight excluding hydrogens is 276 g/mol. The highest BCUT2D eigenvalue weighted by atomic mass is 32.2. The van der Waals surface area contributed by atoms with Gasteiger partial charge in [0.2, 0.25) is 0 Å². The lowest BCUT2D eigenvalue weighted by molar-refractivity contribution is -0.141. The third-order valence-electron chi connectivity index (χ3n) is 3.17. The average Bonchev–Trinajstić information content (AvgIpc) is 2.45. The van der Waals surface area contributed by atoms with Crippen molar-refractivity contribution in [2.24, 2.45) is 0 Å². The molecule has 1 rings (SSSR count). The molecule has 1 unspecified atom stereocenters. The van der Waals surface area contributed by atoms with Crippen LogP contribution >= 0.6 is 0 Å². The highest BCUT2D eigenvalue weighted by molar-refractivity contribution is 7.91. The minimum atomic E-state index is -3.26. The number of methoxy groups -OCH3 is 1. The van der Waals surface area contributed by atoms with Crippen molar-refractivity contribution in [1.29, 1.82) is 0 Å². The Morgan fingerprint density at radius 1 is 1.20 bits per heavy atom. The lowest BCUT2D eigenvalue weighted by Gasteiger charge is -2.15. The number of hydrogen-bond acceptors (Lipinski definition) is 4. The van der Waals surface area contributed by atoms with Crippen LogP contribution in [0.5, 0.6) is 0 Å². The van der Waals surface area contributed by atoms with E-state index in [1.54, 1.807) is 24.3 Å². The molecule has 0 spiro atoms. The maximum absolute atomic E-state index is 12.1. The van der Waals surface area contributed by atoms with Gasteiger partial charge in [-0.15, -0.1) is 0 Å². The molecule has 4 nitrogen and oxygen atoms in total. The first-order chi connectivity index (χ1) is 9.50. The molecule has 5 heteroatoms. The number of unbranched alkanes of at least 4 members (excludes halogenated alkanes) is 2. The fraction of sp³-hybridized carbons (Fsp3) is 0.533. The first-order valence-electron chi connectivity index (χ1n) is 6.83. The van der Waals surface area contributed by atoms with E-state index in [0.29, 0.717) is 12.0 Å². The van der Waals surface area contributed by atoms with Crippen molar-refractivity contribution in [1.82, 2.24) is 0 Å². The molecule has 0 aliphatic carbocycles. The zero-order chi connectivity index (χ0) is 15.0. The van der Waals surface area contributed by atoms with Crippen LogP contribution in [0.4, 0.5) is 0 Å². The Kier molecular flexibility index (Phi) is 6.71. The number of benzene rings is 1. The molecule has 0 saturated carbocycles. The van der Waals surface area contributed by atoms with Gasteiger partial charge in [0.05, 0.1) is 24.5 Å². The van der Waals surface area contributed by atoms with E-state index < -0.39 is 21.7 Å². The van der Waals surface area contributed by atoms with Crippen LogP contribution in [0.2, 0.25) is 0 Å². The third kappa shape index (κ3) is 5.33. The second kappa shape index (κ2) is 8.04. The van der Waals surface area contributed by atoms with E-state index in [2.05, 4.69) is 0 Å². The number of carbonyl (C=O) groups excluding carboxylic acids is 1. The Bertz CT molecular complexity index is 508. The van der Waals surface area contributed by atoms with E-state index in [4.69, 9.17) is 4.74 Å². The summed E-state index contributed by atoms with van der Waals surface area (Å²) in [5.74, 6) is -1.31. The molecule has 1 atom stereocenters. The Morgan fingerprint density at radius 3 is 2.40 bits per heavy atom. The van der Waals surface area contributed by atoms with Gasteiger partial charge in [-0.3, -0.25) is 4.79 Å². The van der Waals surface area contributed by atoms with Gasteiger partial charge in [-0.2, -0.15) is 0 Å². The SMILES string of the molecule is CCCCCS(=O)(=O)CC(C(=O)OC)c1ccccc1. The molecule has 1 aromatic carbocycles. The molecule has 0 aliphatic rings. The van der Waals surface area contributed by atoms with Crippen molar-refractivity contribution in [3.05, 3.63) is 35.9 Å². The quantitative estimate of drug-likeness (QED) is 0.546. The number of sulfone groups is 1. The molecule has 0 bridgehead atoms. The number of ether oxygens (including phenoxy) is 1. The predicted molar refractivity (Wildman–Crippen MR) is 79.4 cm³/mol. The van der Waals surface area contributed by atoms with E-state index in [1.807, 2.05) is 13.0 Å². The fourth-order valence-electron chi connectivity index (χ4n) is 2.04. The Labute approximate surface area is 121 Å². The highest BCUT2D eigenvalue weighted by Crippen LogP contribution is 2.20. The number of rotatable bonds is 8. The second-order valence-corrected chi connectivity index (χ2v) is 7.04. The number of carbonyl (C=O) groups is 1. The molecule has 0 heterocycles. The summed E-state index contributed by atoms with van der Waals surface area (Å²) in [5, 5.41) is 0. The second-order valence-electron chi connectivity index (χ2n) is 4.81. The van der Waals surface area contributed by atoms with Crippen LogP contribution < -0.4 is 0 Å². The van der Waals surface area contributed by atoms with Crippen molar-refractivity contribution in [3.63, 3.8) is 0 Å². The summed E-state index contributed by atoms with van der Waals surface area (Å²) >= 11 is 0. The lowest BCUT2D eigenvalue weighted by Crippen LogP contribution is -2.25. The average molecular weight is 298 g/mol. The maximum atomic E-state index is 12.1. The summed E-state index contributed by atoms with van der Waals surface area (Å²) in [6.45, 7) is 2.02. The van der Waals surface area contributed by atoms with Gasteiger partial charge in [-0.25, -0.2) is 8.42 Å². The van der Waals surface area contributed by atoms with Crippen molar-refractivity contribution in [2.45, 2.75) is 32.1 Å². The van der Waals surface area contributed by atoms with E-state index in [1.165, 1.54) is 7.11 Å². The zero-order valence-corrected chi connectivity index (χ0v) is 12.9. The van der Waals surface area contributed by atoms with Crippen molar-refractivity contribution >= 4 is 15.8 Å². The van der Waals surface area contributed by atoms with Gasteiger partial charge >= 0.3 is 5.97 Å². The molecule has 112 valence electrons. The summed E-state index contributed by atoms with van der Waals surface area (Å²) in [6, 6.07) is 8.91. The van der Waals surface area contributed by atoms with Gasteiger partial charge in [0.25, 0.3) is 0 Å². The summed E-state index contributed by atoms with van der Waals surface area (Å²) in [7, 11) is -1.98. The van der Waals surface area contributed by atoms with Gasteiger partial charge in [0.1, 0.15) is 0 Å². The molecule has 0 saturated heterocycles. The summed E-state index contributed by atoms with van der Waals surface area (Å²) in [5.41, 5.74) is 0.679. The van der Waals surface area contributed by atoms with Crippen LogP contribution in [0, 0.1) is 0 Å². The lowest BCUT2D eigenvalue weighted by atomic mass is 10.0. The third-order valence-corrected chi connectivity index (χ3v) is 4.92. The Hall–Kier alpha value is -1.36. The first-order valence-corrected chi connectivity index (χ1v) is 8.65. The fourth-order valence-corrected chi connectivity index (χ4v) is 3.68. The summed E-state index contributed by atoms with van der Waals surface area (Å²) in [4.78, 5) is 11.8. The molecule has 20 heavy (non-hydrogen) atoms. The van der Waals surface area contributed by atoms with E-state index in [9.17, 15) is 13.2 Å². The minimum Gasteiger partial charge on any atom is -0.469 e. The number of esters is 1. The predicted octanol–water partition coefficient (Wildman–Crippen LogP) is 2.55. The largest absolute Gasteiger partial charge is 0.469 e. The van der Waals surface area contributed by atoms with Gasteiger partial charge in [0.15, 0.2) is 9.84 Å². The molecule has 0 fully saturated rings. The minimum absolute atomic E-state index is 0.126. The maximum Gasteiger partial charge on any atom is 0.314 e. The van der Waals surface area contributed by atoms with Crippen LogP contribution in [0.3, 0.4) is 0 Å². The summed E-state index contributed by atoms with van der Waals surface area (Å²) < 4.78 is 28.9. The van der Waals surface area contributed by atoms with Gasteiger partial charge in [-0.1, -0.05) is 50.1 Å². The zero-order valence-electron chi connectivity index (χ0n) is 12.0. The van der Waals surface area contributed by atoms with E-state index >= 15 is 0 Å². The first kappa shape index (κ1) is 16.7. The van der Waals surface area contributed by atoms with Gasteiger partial charge < -0.3 is 4.74 Å². The van der Waals surface area contributed by atoms with Gasteiger partial charge in [-0.05, 0) is 12.0 Å². The number of hydrogen-bond donors (Lipinski definition) is 0. The van der Waals surface area contributed by atoms with Crippen LogP contribution in [-0.4, -0.2) is 33.0 Å². The van der Waals surface area contributed by atoms with E-state index in [0.717, 1.165) is 12.8 Å². The van der Waals surface area contributed by atoms with Crippen molar-refractivity contribution in [2.75, 3.05) is 18.6 Å². The summed E-state index contributed by atoms with van der Waals surface area (Å²) in [6.07, 6.45) is 2.49. The van der Waals surface area contributed by atoms with Crippen molar-refractivity contribution in [3.8, 4) is 0 Å². The molecule has 1 aromatic rings. The molecule has 0 aromatic heterocycles. The molecule has 0 radical (unpaired) electrons. The highest BCUT2D eigenvalue weighted by Gasteiger charge is 2.27. The molecular formula is C15H22O4S. The molecule has 0 aliphatic heterocycles. The topological polar surface area (TPSA) is 60.4 Å². The molecule has 0 N–H and O–H groups in total. The van der Waals surface area contributed by atoms with Gasteiger partial charge in [0, 0.05) is 0 Å². The molecule has 0 amide bonds. The van der Waals surface area contributed by atoms with Crippen LogP contribution in [0.1, 0.15) is 37.7 Å². The van der Waals surface area contributed by atoms with Crippen LogP contribution in [0.15, 0.2) is 30.3 Å². The van der Waals surface area contributed by atoms with Crippen LogP contribution in [0.25, 0.3) is 0 Å². The van der Waals surface area contributed by atoms with E-state index in [-0.39, 0.29) is 11.5 Å². The monoisotopic (exact) mass is 298 g/mol. The van der Waals surface area contributed by atoms with Crippen molar-refractivity contribution < 1.29 is 17.9 Å². The standard InChI is InChI=1S/C15H22O4S/c1-3-4-8-11-20(17,18)12-14(15(16)19-2)13-9-6-5-7-10-13/h5-7,9-10,14H,3-4,8,11-12H2,1-2H3.